The monoisotopic (exact) mass is 311 g/mol. The van der Waals surface area contributed by atoms with Gasteiger partial charge in [0.25, 0.3) is 0 Å². The highest BCUT2D eigenvalue weighted by atomic mass is 16.5. The molecule has 0 spiro atoms. The molecule has 0 amide bonds. The summed E-state index contributed by atoms with van der Waals surface area (Å²) in [5.41, 5.74) is 3.13. The molecule has 6 heteroatoms. The Balaban J connectivity index is 1.61. The molecule has 0 radical (unpaired) electrons. The molecule has 2 heterocycles. The summed E-state index contributed by atoms with van der Waals surface area (Å²) < 4.78 is 12.2. The van der Waals surface area contributed by atoms with Crippen molar-refractivity contribution < 1.29 is 14.1 Å². The first-order valence-corrected chi connectivity index (χ1v) is 7.28. The third-order valence-corrected chi connectivity index (χ3v) is 3.62. The van der Waals surface area contributed by atoms with Crippen LogP contribution in [-0.4, -0.2) is 20.9 Å². The Morgan fingerprint density at radius 2 is 2.04 bits per heavy atom. The molecule has 0 saturated heterocycles. The summed E-state index contributed by atoms with van der Waals surface area (Å²) in [5, 5.41) is 7.99. The van der Waals surface area contributed by atoms with Crippen LogP contribution < -0.4 is 0 Å². The lowest BCUT2D eigenvalue weighted by molar-refractivity contribution is 0.0471. The second-order valence-corrected chi connectivity index (χ2v) is 5.28. The number of carbonyl (C=O) groups is 1. The Morgan fingerprint density at radius 3 is 2.65 bits per heavy atom. The van der Waals surface area contributed by atoms with Gasteiger partial charge in [-0.15, -0.1) is 0 Å². The summed E-state index contributed by atoms with van der Waals surface area (Å²) in [7, 11) is 0. The molecule has 3 rings (SSSR count). The number of hydrogen-bond donors (Lipinski definition) is 0. The van der Waals surface area contributed by atoms with Crippen molar-refractivity contribution in [1.82, 2.24) is 14.9 Å². The first-order chi connectivity index (χ1) is 11.1. The van der Waals surface area contributed by atoms with Crippen LogP contribution in [0.2, 0.25) is 0 Å². The Bertz CT molecular complexity index is 770. The van der Waals surface area contributed by atoms with Crippen LogP contribution in [-0.2, 0) is 17.9 Å². The smallest absolute Gasteiger partial charge is 0.338 e. The maximum Gasteiger partial charge on any atom is 0.338 e. The highest BCUT2D eigenvalue weighted by Crippen LogP contribution is 2.15. The molecule has 0 unspecified atom stereocenters. The fourth-order valence-corrected chi connectivity index (χ4v) is 2.26. The fraction of sp³-hybridized carbons (Fsp3) is 0.235. The molecule has 0 aliphatic carbocycles. The lowest BCUT2D eigenvalue weighted by Gasteiger charge is -2.06. The molecule has 3 aromatic rings. The van der Waals surface area contributed by atoms with Gasteiger partial charge in [0.1, 0.15) is 12.4 Å². The lowest BCUT2D eigenvalue weighted by Crippen LogP contribution is -2.07. The van der Waals surface area contributed by atoms with Crippen LogP contribution in [0.4, 0.5) is 0 Å². The van der Waals surface area contributed by atoms with Crippen LogP contribution in [0, 0.1) is 13.8 Å². The van der Waals surface area contributed by atoms with Gasteiger partial charge < -0.3 is 9.26 Å². The lowest BCUT2D eigenvalue weighted by atomic mass is 10.1. The van der Waals surface area contributed by atoms with E-state index in [1.165, 1.54) is 0 Å². The first-order valence-electron chi connectivity index (χ1n) is 7.28. The van der Waals surface area contributed by atoms with Crippen molar-refractivity contribution in [3.8, 4) is 0 Å². The Labute approximate surface area is 133 Å². The summed E-state index contributed by atoms with van der Waals surface area (Å²) in [6, 6.07) is 9.19. The number of aromatic nitrogens is 3. The maximum atomic E-state index is 12.1. The molecular weight excluding hydrogens is 294 g/mol. The second kappa shape index (κ2) is 6.48. The van der Waals surface area contributed by atoms with Crippen molar-refractivity contribution >= 4 is 5.97 Å². The standard InChI is InChI=1S/C17H17N3O3/c1-12-16(13(2)23-19-12)11-22-17(21)15-6-4-14(5-7-15)10-20-9-3-8-18-20/h3-9H,10-11H2,1-2H3. The SMILES string of the molecule is Cc1noc(C)c1COC(=O)c1ccc(Cn2cccn2)cc1. The normalized spacial score (nSPS) is 10.7. The number of benzene rings is 1. The van der Waals surface area contributed by atoms with Gasteiger partial charge in [-0.3, -0.25) is 4.68 Å². The van der Waals surface area contributed by atoms with Crippen molar-refractivity contribution in [2.45, 2.75) is 27.0 Å². The van der Waals surface area contributed by atoms with E-state index in [9.17, 15) is 4.79 Å². The fourth-order valence-electron chi connectivity index (χ4n) is 2.26. The topological polar surface area (TPSA) is 70.2 Å². The minimum atomic E-state index is -0.365. The zero-order valence-corrected chi connectivity index (χ0v) is 13.0. The molecule has 0 N–H and O–H groups in total. The van der Waals surface area contributed by atoms with Crippen LogP contribution >= 0.6 is 0 Å². The number of rotatable bonds is 5. The van der Waals surface area contributed by atoms with E-state index in [0.717, 1.165) is 16.8 Å². The van der Waals surface area contributed by atoms with Gasteiger partial charge in [0.05, 0.1) is 23.4 Å². The largest absolute Gasteiger partial charge is 0.457 e. The second-order valence-electron chi connectivity index (χ2n) is 5.28. The zero-order chi connectivity index (χ0) is 16.2. The predicted octanol–water partition coefficient (Wildman–Crippen LogP) is 2.89. The van der Waals surface area contributed by atoms with Crippen molar-refractivity contribution in [2.24, 2.45) is 0 Å². The molecule has 0 atom stereocenters. The molecule has 1 aromatic carbocycles. The van der Waals surface area contributed by atoms with Gasteiger partial charge in [0.2, 0.25) is 0 Å². The molecule has 0 bridgehead atoms. The van der Waals surface area contributed by atoms with Crippen molar-refractivity contribution in [3.05, 3.63) is 70.9 Å². The molecule has 0 saturated carbocycles. The van der Waals surface area contributed by atoms with E-state index >= 15 is 0 Å². The minimum Gasteiger partial charge on any atom is -0.457 e. The van der Waals surface area contributed by atoms with Gasteiger partial charge in [0, 0.05) is 12.4 Å². The Kier molecular flexibility index (Phi) is 4.23. The number of aryl methyl sites for hydroxylation is 2. The minimum absolute atomic E-state index is 0.162. The van der Waals surface area contributed by atoms with Crippen LogP contribution in [0.5, 0.6) is 0 Å². The molecule has 0 aliphatic heterocycles. The summed E-state index contributed by atoms with van der Waals surface area (Å²) in [6.45, 7) is 4.45. The predicted molar refractivity (Wildman–Crippen MR) is 82.9 cm³/mol. The van der Waals surface area contributed by atoms with Gasteiger partial charge in [-0.1, -0.05) is 17.3 Å². The Morgan fingerprint density at radius 1 is 1.26 bits per heavy atom. The Hall–Kier alpha value is -2.89. The number of nitrogens with zero attached hydrogens (tertiary/aromatic N) is 3. The third kappa shape index (κ3) is 3.48. The molecule has 6 nitrogen and oxygen atoms in total. The van der Waals surface area contributed by atoms with Gasteiger partial charge in [0.15, 0.2) is 0 Å². The van der Waals surface area contributed by atoms with E-state index in [1.807, 2.05) is 36.0 Å². The van der Waals surface area contributed by atoms with E-state index in [0.29, 0.717) is 17.9 Å². The van der Waals surface area contributed by atoms with E-state index in [-0.39, 0.29) is 12.6 Å². The first kappa shape index (κ1) is 15.0. The molecule has 118 valence electrons. The molecule has 23 heavy (non-hydrogen) atoms. The van der Waals surface area contributed by atoms with E-state index in [1.54, 1.807) is 25.3 Å². The average molecular weight is 311 g/mol. The highest BCUT2D eigenvalue weighted by Gasteiger charge is 2.13. The average Bonchev–Trinajstić information content (AvgIpc) is 3.17. The van der Waals surface area contributed by atoms with E-state index in [2.05, 4.69) is 10.3 Å². The van der Waals surface area contributed by atoms with Crippen LogP contribution in [0.1, 0.15) is 32.9 Å². The van der Waals surface area contributed by atoms with Crippen molar-refractivity contribution in [1.29, 1.82) is 0 Å². The number of esters is 1. The molecule has 2 aromatic heterocycles. The van der Waals surface area contributed by atoms with Crippen LogP contribution in [0.25, 0.3) is 0 Å². The summed E-state index contributed by atoms with van der Waals surface area (Å²) >= 11 is 0. The number of carbonyl (C=O) groups excluding carboxylic acids is 1. The number of ether oxygens (including phenoxy) is 1. The third-order valence-electron chi connectivity index (χ3n) is 3.62. The highest BCUT2D eigenvalue weighted by molar-refractivity contribution is 5.89. The van der Waals surface area contributed by atoms with Gasteiger partial charge in [-0.2, -0.15) is 5.10 Å². The molecular formula is C17H17N3O3. The molecule has 0 aliphatic rings. The van der Waals surface area contributed by atoms with Gasteiger partial charge in [-0.05, 0) is 37.6 Å². The van der Waals surface area contributed by atoms with Crippen LogP contribution in [0.15, 0.2) is 47.2 Å². The van der Waals surface area contributed by atoms with Gasteiger partial charge in [-0.25, -0.2) is 4.79 Å². The maximum absolute atomic E-state index is 12.1. The quantitative estimate of drug-likeness (QED) is 0.678. The summed E-state index contributed by atoms with van der Waals surface area (Å²) in [6.07, 6.45) is 3.63. The van der Waals surface area contributed by atoms with Crippen molar-refractivity contribution in [3.63, 3.8) is 0 Å². The van der Waals surface area contributed by atoms with E-state index < -0.39 is 0 Å². The van der Waals surface area contributed by atoms with Crippen molar-refractivity contribution in [2.75, 3.05) is 0 Å². The number of hydrogen-bond acceptors (Lipinski definition) is 5. The molecule has 0 fully saturated rings. The van der Waals surface area contributed by atoms with Gasteiger partial charge >= 0.3 is 5.97 Å². The van der Waals surface area contributed by atoms with E-state index in [4.69, 9.17) is 9.26 Å². The summed E-state index contributed by atoms with van der Waals surface area (Å²) in [5.74, 6) is 0.306. The van der Waals surface area contributed by atoms with Crippen LogP contribution in [0.3, 0.4) is 0 Å². The summed E-state index contributed by atoms with van der Waals surface area (Å²) in [4.78, 5) is 12.1. The zero-order valence-electron chi connectivity index (χ0n) is 13.0.